The Kier molecular flexibility index (Phi) is 2.42. The lowest BCUT2D eigenvalue weighted by atomic mass is 10.00. The summed E-state index contributed by atoms with van der Waals surface area (Å²) in [5, 5.41) is 0. The number of aryl methyl sites for hydroxylation is 1. The van der Waals surface area contributed by atoms with E-state index in [-0.39, 0.29) is 17.9 Å². The number of halogens is 1. The summed E-state index contributed by atoms with van der Waals surface area (Å²) in [6, 6.07) is 5.81. The maximum atomic E-state index is 14.0. The summed E-state index contributed by atoms with van der Waals surface area (Å²) < 4.78 is 14.0. The van der Waals surface area contributed by atoms with Crippen molar-refractivity contribution in [2.75, 3.05) is 4.90 Å². The molecule has 2 fully saturated rings. The van der Waals surface area contributed by atoms with Gasteiger partial charge in [-0.05, 0) is 37.5 Å². The molecule has 0 spiro atoms. The molecular weight excluding hydrogens is 217 g/mol. The number of rotatable bonds is 1. The number of carbonyl (C=O) groups excluding carboxylic acids is 1. The van der Waals surface area contributed by atoms with Crippen LogP contribution in [0.15, 0.2) is 18.2 Å². The molecule has 0 radical (unpaired) electrons. The minimum atomic E-state index is -0.156. The molecule has 2 atom stereocenters. The predicted molar refractivity (Wildman–Crippen MR) is 64.7 cm³/mol. The summed E-state index contributed by atoms with van der Waals surface area (Å²) in [6.45, 7) is 1.89. The van der Waals surface area contributed by atoms with Crippen molar-refractivity contribution in [2.24, 2.45) is 0 Å². The van der Waals surface area contributed by atoms with Crippen LogP contribution in [0, 0.1) is 12.7 Å². The Morgan fingerprint density at radius 3 is 2.47 bits per heavy atom. The van der Waals surface area contributed by atoms with E-state index in [4.69, 9.17) is 0 Å². The van der Waals surface area contributed by atoms with Crippen molar-refractivity contribution in [3.63, 3.8) is 0 Å². The van der Waals surface area contributed by atoms with Crippen LogP contribution in [0.5, 0.6) is 0 Å². The molecule has 0 aromatic heterocycles. The van der Waals surface area contributed by atoms with Crippen LogP contribution in [-0.2, 0) is 4.79 Å². The fraction of sp³-hybridized carbons (Fsp3) is 0.500. The van der Waals surface area contributed by atoms with Crippen molar-refractivity contribution in [2.45, 2.75) is 44.7 Å². The SMILES string of the molecule is Cc1ccc(N2C3CCC2CC(=O)C3)c(F)c1. The lowest BCUT2D eigenvalue weighted by Crippen LogP contribution is -2.43. The van der Waals surface area contributed by atoms with Gasteiger partial charge in [-0.25, -0.2) is 4.39 Å². The zero-order chi connectivity index (χ0) is 12.0. The Bertz CT molecular complexity index is 455. The monoisotopic (exact) mass is 233 g/mol. The van der Waals surface area contributed by atoms with E-state index < -0.39 is 0 Å². The van der Waals surface area contributed by atoms with Gasteiger partial charge in [0.2, 0.25) is 0 Å². The number of nitrogens with zero attached hydrogens (tertiary/aromatic N) is 1. The maximum absolute atomic E-state index is 14.0. The molecule has 0 saturated carbocycles. The average molecular weight is 233 g/mol. The molecule has 2 bridgehead atoms. The number of hydrogen-bond donors (Lipinski definition) is 0. The quantitative estimate of drug-likeness (QED) is 0.743. The third-order valence-corrected chi connectivity index (χ3v) is 3.93. The Hall–Kier alpha value is -1.38. The van der Waals surface area contributed by atoms with Gasteiger partial charge in [0.1, 0.15) is 11.6 Å². The highest BCUT2D eigenvalue weighted by Crippen LogP contribution is 2.39. The topological polar surface area (TPSA) is 20.3 Å². The van der Waals surface area contributed by atoms with Crippen molar-refractivity contribution in [1.82, 2.24) is 0 Å². The standard InChI is InChI=1S/C14H16FNO/c1-9-2-5-14(13(15)6-9)16-10-3-4-11(16)8-12(17)7-10/h2,5-6,10-11H,3-4,7-8H2,1H3. The first-order valence-electron chi connectivity index (χ1n) is 6.21. The molecule has 3 heteroatoms. The molecule has 1 aromatic rings. The van der Waals surface area contributed by atoms with Gasteiger partial charge >= 0.3 is 0 Å². The van der Waals surface area contributed by atoms with Gasteiger partial charge in [-0.15, -0.1) is 0 Å². The van der Waals surface area contributed by atoms with Crippen molar-refractivity contribution in [3.8, 4) is 0 Å². The molecular formula is C14H16FNO. The van der Waals surface area contributed by atoms with Crippen molar-refractivity contribution in [3.05, 3.63) is 29.6 Å². The lowest BCUT2D eigenvalue weighted by Gasteiger charge is -2.36. The van der Waals surface area contributed by atoms with Crippen LogP contribution in [0.3, 0.4) is 0 Å². The van der Waals surface area contributed by atoms with Crippen molar-refractivity contribution in [1.29, 1.82) is 0 Å². The van der Waals surface area contributed by atoms with Crippen LogP contribution in [0.4, 0.5) is 10.1 Å². The van der Waals surface area contributed by atoms with Crippen molar-refractivity contribution >= 4 is 11.5 Å². The number of ketones is 1. The molecule has 2 unspecified atom stereocenters. The number of fused-ring (bicyclic) bond motifs is 2. The zero-order valence-electron chi connectivity index (χ0n) is 9.95. The van der Waals surface area contributed by atoms with Gasteiger partial charge in [0.15, 0.2) is 0 Å². The first-order valence-corrected chi connectivity index (χ1v) is 6.21. The smallest absolute Gasteiger partial charge is 0.146 e. The van der Waals surface area contributed by atoms with Gasteiger partial charge in [0.25, 0.3) is 0 Å². The molecule has 1 aromatic carbocycles. The summed E-state index contributed by atoms with van der Waals surface area (Å²) in [5.74, 6) is 0.178. The van der Waals surface area contributed by atoms with Gasteiger partial charge in [0, 0.05) is 24.9 Å². The molecule has 17 heavy (non-hydrogen) atoms. The van der Waals surface area contributed by atoms with E-state index in [2.05, 4.69) is 4.90 Å². The fourth-order valence-corrected chi connectivity index (χ4v) is 3.19. The van der Waals surface area contributed by atoms with E-state index in [0.717, 1.165) is 18.4 Å². The van der Waals surface area contributed by atoms with Crippen LogP contribution in [0.1, 0.15) is 31.2 Å². The number of Topliss-reactive ketones (excluding diaryl/α,β-unsaturated/α-hetero) is 1. The summed E-state index contributed by atoms with van der Waals surface area (Å²) in [4.78, 5) is 13.7. The largest absolute Gasteiger partial charge is 0.362 e. The first kappa shape index (κ1) is 10.8. The number of hydrogen-bond acceptors (Lipinski definition) is 2. The molecule has 0 N–H and O–H groups in total. The van der Waals surface area contributed by atoms with E-state index >= 15 is 0 Å². The second-order valence-corrected chi connectivity index (χ2v) is 5.19. The van der Waals surface area contributed by atoms with Gasteiger partial charge in [-0.2, -0.15) is 0 Å². The highest BCUT2D eigenvalue weighted by molar-refractivity contribution is 5.83. The van der Waals surface area contributed by atoms with Gasteiger partial charge in [-0.3, -0.25) is 4.79 Å². The Morgan fingerprint density at radius 1 is 1.24 bits per heavy atom. The highest BCUT2D eigenvalue weighted by atomic mass is 19.1. The van der Waals surface area contributed by atoms with E-state index in [9.17, 15) is 9.18 Å². The normalized spacial score (nSPS) is 27.6. The minimum absolute atomic E-state index is 0.156. The summed E-state index contributed by atoms with van der Waals surface area (Å²) in [7, 11) is 0. The summed E-state index contributed by atoms with van der Waals surface area (Å²) in [6.07, 6.45) is 3.21. The lowest BCUT2D eigenvalue weighted by molar-refractivity contribution is -0.120. The number of piperidine rings is 1. The third kappa shape index (κ3) is 1.74. The predicted octanol–water partition coefficient (Wildman–Crippen LogP) is 2.83. The number of anilines is 1. The van der Waals surface area contributed by atoms with Crippen LogP contribution >= 0.6 is 0 Å². The molecule has 2 heterocycles. The number of benzene rings is 1. The summed E-state index contributed by atoms with van der Waals surface area (Å²) in [5.41, 5.74) is 1.61. The molecule has 90 valence electrons. The van der Waals surface area contributed by atoms with Crippen LogP contribution in [0.2, 0.25) is 0 Å². The zero-order valence-corrected chi connectivity index (χ0v) is 9.95. The first-order chi connectivity index (χ1) is 8.15. The highest BCUT2D eigenvalue weighted by Gasteiger charge is 2.40. The van der Waals surface area contributed by atoms with E-state index in [1.807, 2.05) is 19.1 Å². The molecule has 2 aliphatic rings. The Labute approximate surface area is 100 Å². The second-order valence-electron chi connectivity index (χ2n) is 5.19. The summed E-state index contributed by atoms with van der Waals surface area (Å²) >= 11 is 0. The van der Waals surface area contributed by atoms with Gasteiger partial charge in [0.05, 0.1) is 5.69 Å². The van der Waals surface area contributed by atoms with E-state index in [1.54, 1.807) is 6.07 Å². The van der Waals surface area contributed by atoms with Gasteiger partial charge in [-0.1, -0.05) is 6.07 Å². The van der Waals surface area contributed by atoms with Crippen LogP contribution < -0.4 is 4.90 Å². The minimum Gasteiger partial charge on any atom is -0.362 e. The molecule has 0 aliphatic carbocycles. The average Bonchev–Trinajstić information content (AvgIpc) is 2.53. The van der Waals surface area contributed by atoms with E-state index in [0.29, 0.717) is 24.3 Å². The Morgan fingerprint density at radius 2 is 1.88 bits per heavy atom. The van der Waals surface area contributed by atoms with E-state index in [1.165, 1.54) is 0 Å². The fourth-order valence-electron chi connectivity index (χ4n) is 3.19. The van der Waals surface area contributed by atoms with Gasteiger partial charge < -0.3 is 4.90 Å². The third-order valence-electron chi connectivity index (χ3n) is 3.93. The number of carbonyl (C=O) groups is 1. The molecule has 2 nitrogen and oxygen atoms in total. The molecule has 2 aliphatic heterocycles. The second kappa shape index (κ2) is 3.83. The maximum Gasteiger partial charge on any atom is 0.146 e. The Balaban J connectivity index is 1.97. The van der Waals surface area contributed by atoms with Crippen LogP contribution in [-0.4, -0.2) is 17.9 Å². The van der Waals surface area contributed by atoms with Crippen LogP contribution in [0.25, 0.3) is 0 Å². The molecule has 3 rings (SSSR count). The molecule has 0 amide bonds. The molecule has 2 saturated heterocycles. The van der Waals surface area contributed by atoms with Crippen molar-refractivity contribution < 1.29 is 9.18 Å².